The zero-order valence-electron chi connectivity index (χ0n) is 24.3. The highest BCUT2D eigenvalue weighted by atomic mass is 31.2. The van der Waals surface area contributed by atoms with Crippen molar-refractivity contribution in [2.45, 2.75) is 88.9 Å². The number of rotatable bonds is 13. The third-order valence-corrected chi connectivity index (χ3v) is 8.64. The SMILES string of the molecule is CC(C)NC(=O)C1CC(OP(O)O)CCN1C(=O)C1CC(C(O)OP(=O)(O)O)CN1C(=O)CCOC(=O)C1CCCN1C=O. The van der Waals surface area contributed by atoms with Gasteiger partial charge in [-0.3, -0.25) is 23.7 Å². The van der Waals surface area contributed by atoms with Gasteiger partial charge in [0.05, 0.1) is 12.5 Å². The number of hydrogen-bond acceptors (Lipinski definition) is 12. The molecule has 6 N–H and O–H groups in total. The van der Waals surface area contributed by atoms with Gasteiger partial charge in [0.2, 0.25) is 24.1 Å². The Labute approximate surface area is 254 Å². The van der Waals surface area contributed by atoms with Crippen molar-refractivity contribution in [3.63, 3.8) is 0 Å². The predicted octanol–water partition coefficient (Wildman–Crippen LogP) is -1.70. The normalized spacial score (nSPS) is 26.7. The van der Waals surface area contributed by atoms with E-state index in [0.717, 1.165) is 4.90 Å². The molecule has 3 saturated heterocycles. The number of piperidine rings is 1. The van der Waals surface area contributed by atoms with Crippen molar-refractivity contribution in [2.75, 3.05) is 26.2 Å². The van der Waals surface area contributed by atoms with Crippen molar-refractivity contribution in [1.82, 2.24) is 20.0 Å². The molecule has 6 unspecified atom stereocenters. The number of esters is 1. The Bertz CT molecular complexity index is 1110. The maximum atomic E-state index is 13.9. The van der Waals surface area contributed by atoms with Gasteiger partial charge in [-0.25, -0.2) is 9.36 Å². The monoisotopic (exact) mass is 670 g/mol. The maximum absolute atomic E-state index is 13.9. The molecule has 250 valence electrons. The van der Waals surface area contributed by atoms with E-state index < -0.39 is 76.6 Å². The molecule has 3 rings (SSSR count). The molecule has 18 nitrogen and oxygen atoms in total. The molecular formula is C24H40N4O14P2. The number of amides is 4. The van der Waals surface area contributed by atoms with Crippen LogP contribution >= 0.6 is 16.4 Å². The molecule has 0 radical (unpaired) electrons. The number of ether oxygens (including phenoxy) is 1. The first-order valence-corrected chi connectivity index (χ1v) is 16.9. The maximum Gasteiger partial charge on any atom is 0.471 e. The fraction of sp³-hybridized carbons (Fsp3) is 0.792. The van der Waals surface area contributed by atoms with Gasteiger partial charge < -0.3 is 54.0 Å². The Hall–Kier alpha value is -2.27. The van der Waals surface area contributed by atoms with Crippen molar-refractivity contribution < 1.29 is 67.0 Å². The predicted molar refractivity (Wildman–Crippen MR) is 148 cm³/mol. The van der Waals surface area contributed by atoms with Gasteiger partial charge in [-0.1, -0.05) is 0 Å². The van der Waals surface area contributed by atoms with Crippen LogP contribution in [0.15, 0.2) is 0 Å². The van der Waals surface area contributed by atoms with Crippen LogP contribution in [0.5, 0.6) is 0 Å². The van der Waals surface area contributed by atoms with E-state index in [9.17, 15) is 43.4 Å². The van der Waals surface area contributed by atoms with Crippen molar-refractivity contribution in [3.8, 4) is 0 Å². The molecule has 3 fully saturated rings. The number of phosphoric acid groups is 1. The summed E-state index contributed by atoms with van der Waals surface area (Å²) in [6.45, 7) is 3.05. The van der Waals surface area contributed by atoms with E-state index >= 15 is 0 Å². The van der Waals surface area contributed by atoms with Crippen LogP contribution in [-0.4, -0.2) is 132 Å². The van der Waals surface area contributed by atoms with Crippen molar-refractivity contribution in [3.05, 3.63) is 0 Å². The third kappa shape index (κ3) is 9.86. The van der Waals surface area contributed by atoms with Crippen LogP contribution in [0.2, 0.25) is 0 Å². The van der Waals surface area contributed by atoms with Crippen molar-refractivity contribution in [1.29, 1.82) is 0 Å². The van der Waals surface area contributed by atoms with Gasteiger partial charge in [-0.2, -0.15) is 0 Å². The lowest BCUT2D eigenvalue weighted by Gasteiger charge is -2.40. The second-order valence-corrected chi connectivity index (χ2v) is 13.1. The number of phosphoric ester groups is 1. The summed E-state index contributed by atoms with van der Waals surface area (Å²) in [5, 5.41) is 13.1. The van der Waals surface area contributed by atoms with Crippen LogP contribution in [0.25, 0.3) is 0 Å². The molecule has 0 saturated carbocycles. The molecule has 3 aliphatic rings. The second kappa shape index (κ2) is 15.8. The Morgan fingerprint density at radius 1 is 1.05 bits per heavy atom. The molecule has 0 aromatic heterocycles. The number of aliphatic hydroxyl groups excluding tert-OH is 1. The molecule has 0 bridgehead atoms. The number of nitrogens with one attached hydrogen (secondary N) is 1. The van der Waals surface area contributed by atoms with E-state index in [-0.39, 0.29) is 51.4 Å². The average Bonchev–Trinajstić information content (AvgIpc) is 3.59. The van der Waals surface area contributed by atoms with E-state index in [1.807, 2.05) is 0 Å². The van der Waals surface area contributed by atoms with Gasteiger partial charge in [0.15, 0.2) is 6.29 Å². The standard InChI is InChI=1S/C24H40N4O14P2/c1-14(2)25-21(31)18-11-16(41-43(35)36)5-8-27(18)22(32)19-10-15(23(33)42-44(37,38)39)12-28(19)20(30)6-9-40-24(34)17-4-3-7-26(17)13-29/h13-19,23,33,35-36H,3-12H2,1-2H3,(H,25,31)(H2,37,38,39). The molecule has 6 atom stereocenters. The summed E-state index contributed by atoms with van der Waals surface area (Å²) >= 11 is 0. The zero-order chi connectivity index (χ0) is 32.8. The molecule has 0 aliphatic carbocycles. The number of likely N-dealkylation sites (tertiary alicyclic amines) is 3. The number of carbonyl (C=O) groups is 5. The molecule has 20 heteroatoms. The lowest BCUT2D eigenvalue weighted by Crippen LogP contribution is -2.59. The van der Waals surface area contributed by atoms with Crippen LogP contribution in [0, 0.1) is 5.92 Å². The first kappa shape index (κ1) is 36.2. The van der Waals surface area contributed by atoms with Crippen LogP contribution < -0.4 is 5.32 Å². The Kier molecular flexibility index (Phi) is 13.0. The van der Waals surface area contributed by atoms with Crippen molar-refractivity contribution in [2.24, 2.45) is 5.92 Å². The molecule has 44 heavy (non-hydrogen) atoms. The average molecular weight is 671 g/mol. The topological polar surface area (TPSA) is 253 Å². The van der Waals surface area contributed by atoms with Crippen LogP contribution in [0.4, 0.5) is 0 Å². The molecule has 3 aliphatic heterocycles. The summed E-state index contributed by atoms with van der Waals surface area (Å²) < 4.78 is 26.0. The number of nitrogens with zero attached hydrogens (tertiary/aromatic N) is 3. The summed E-state index contributed by atoms with van der Waals surface area (Å²) in [6, 6.07) is -3.45. The van der Waals surface area contributed by atoms with Gasteiger partial charge in [0.1, 0.15) is 24.7 Å². The van der Waals surface area contributed by atoms with Gasteiger partial charge >= 0.3 is 22.4 Å². The largest absolute Gasteiger partial charge is 0.471 e. The Balaban J connectivity index is 1.77. The highest BCUT2D eigenvalue weighted by Crippen LogP contribution is 2.41. The summed E-state index contributed by atoms with van der Waals surface area (Å²) in [5.41, 5.74) is 0. The molecule has 0 aromatic rings. The molecule has 0 aromatic carbocycles. The smallest absolute Gasteiger partial charge is 0.464 e. The number of aliphatic hydroxyl groups is 1. The summed E-state index contributed by atoms with van der Waals surface area (Å²) in [7, 11) is -7.86. The summed E-state index contributed by atoms with van der Waals surface area (Å²) in [5.74, 6) is -3.68. The van der Waals surface area contributed by atoms with E-state index in [1.165, 1.54) is 9.80 Å². The minimum Gasteiger partial charge on any atom is -0.464 e. The minimum atomic E-state index is -5.13. The van der Waals surface area contributed by atoms with Crippen LogP contribution in [0.1, 0.15) is 52.4 Å². The first-order valence-electron chi connectivity index (χ1n) is 14.2. The second-order valence-electron chi connectivity index (χ2n) is 11.2. The van der Waals surface area contributed by atoms with Crippen LogP contribution in [0.3, 0.4) is 0 Å². The molecule has 4 amide bonds. The quantitative estimate of drug-likeness (QED) is 0.0553. The number of hydrogen-bond donors (Lipinski definition) is 6. The lowest BCUT2D eigenvalue weighted by atomic mass is 9.96. The first-order chi connectivity index (χ1) is 20.6. The Morgan fingerprint density at radius 3 is 2.36 bits per heavy atom. The fourth-order valence-electron chi connectivity index (χ4n) is 5.71. The highest BCUT2D eigenvalue weighted by Gasteiger charge is 2.48. The van der Waals surface area contributed by atoms with E-state index in [4.69, 9.17) is 19.0 Å². The molecular weight excluding hydrogens is 630 g/mol. The van der Waals surface area contributed by atoms with Gasteiger partial charge in [0.25, 0.3) is 0 Å². The Morgan fingerprint density at radius 2 is 1.75 bits per heavy atom. The fourth-order valence-corrected chi connectivity index (χ4v) is 6.62. The zero-order valence-corrected chi connectivity index (χ0v) is 26.1. The minimum absolute atomic E-state index is 0.0557. The van der Waals surface area contributed by atoms with Gasteiger partial charge in [-0.05, 0) is 39.5 Å². The summed E-state index contributed by atoms with van der Waals surface area (Å²) in [4.78, 5) is 104. The summed E-state index contributed by atoms with van der Waals surface area (Å²) in [6.07, 6.45) is -1.79. The molecule has 0 spiro atoms. The van der Waals surface area contributed by atoms with E-state index in [2.05, 4.69) is 9.84 Å². The third-order valence-electron chi connectivity index (χ3n) is 7.66. The van der Waals surface area contributed by atoms with Crippen molar-refractivity contribution >= 4 is 46.5 Å². The van der Waals surface area contributed by atoms with E-state index in [0.29, 0.717) is 25.8 Å². The van der Waals surface area contributed by atoms with E-state index in [1.54, 1.807) is 13.8 Å². The number of carbonyl (C=O) groups excluding carboxylic acids is 5. The lowest BCUT2D eigenvalue weighted by molar-refractivity contribution is -0.154. The van der Waals surface area contributed by atoms with Gasteiger partial charge in [0, 0.05) is 38.0 Å². The van der Waals surface area contributed by atoms with Crippen LogP contribution in [-0.2, 0) is 42.3 Å². The van der Waals surface area contributed by atoms with Gasteiger partial charge in [-0.15, -0.1) is 0 Å². The highest BCUT2D eigenvalue weighted by molar-refractivity contribution is 7.46. The molecule has 3 heterocycles.